The molecule has 0 atom stereocenters. The van der Waals surface area contributed by atoms with Crippen LogP contribution in [-0.4, -0.2) is 36.8 Å². The van der Waals surface area contributed by atoms with Crippen molar-refractivity contribution in [1.82, 2.24) is 0 Å². The highest BCUT2D eigenvalue weighted by molar-refractivity contribution is 4.77. The van der Waals surface area contributed by atoms with Gasteiger partial charge in [0.2, 0.25) is 0 Å². The number of nitro groups is 1. The lowest BCUT2D eigenvalue weighted by Crippen LogP contribution is -2.55. The summed E-state index contributed by atoms with van der Waals surface area (Å²) in [6.45, 7) is 0.0800. The molecule has 0 aromatic rings. The smallest absolute Gasteiger partial charge is 0.345 e. The molecule has 0 aromatic carbocycles. The SMILES string of the molecule is O=[N+]([O-])C1(OC2CCC2)COCOC1. The molecular formula is C8H13NO5. The summed E-state index contributed by atoms with van der Waals surface area (Å²) >= 11 is 0. The Morgan fingerprint density at radius 2 is 2.00 bits per heavy atom. The lowest BCUT2D eigenvalue weighted by Gasteiger charge is -2.35. The quantitative estimate of drug-likeness (QED) is 0.380. The second-order valence-corrected chi connectivity index (χ2v) is 3.69. The van der Waals surface area contributed by atoms with Gasteiger partial charge in [-0.25, -0.2) is 0 Å². The third kappa shape index (κ3) is 1.73. The fraction of sp³-hybridized carbons (Fsp3) is 1.00. The van der Waals surface area contributed by atoms with E-state index in [9.17, 15) is 10.1 Å². The Balaban J connectivity index is 2.00. The number of rotatable bonds is 3. The summed E-state index contributed by atoms with van der Waals surface area (Å²) in [6.07, 6.45) is 2.89. The average Bonchev–Trinajstić information content (AvgIpc) is 2.13. The Morgan fingerprint density at radius 1 is 1.36 bits per heavy atom. The van der Waals surface area contributed by atoms with Gasteiger partial charge in [0.25, 0.3) is 0 Å². The third-order valence-corrected chi connectivity index (χ3v) is 2.59. The normalized spacial score (nSPS) is 26.9. The van der Waals surface area contributed by atoms with Crippen molar-refractivity contribution in [1.29, 1.82) is 0 Å². The number of ether oxygens (including phenoxy) is 3. The molecule has 0 spiro atoms. The van der Waals surface area contributed by atoms with Crippen LogP contribution in [0.5, 0.6) is 0 Å². The van der Waals surface area contributed by atoms with Gasteiger partial charge in [0.15, 0.2) is 0 Å². The highest BCUT2D eigenvalue weighted by Crippen LogP contribution is 2.29. The molecule has 1 saturated heterocycles. The number of hydrogen-bond acceptors (Lipinski definition) is 5. The standard InChI is InChI=1S/C8H13NO5/c10-9(11)8(4-12-6-13-5-8)14-7-2-1-3-7/h7H,1-6H2. The van der Waals surface area contributed by atoms with Gasteiger partial charge in [-0.2, -0.15) is 0 Å². The van der Waals surface area contributed by atoms with Crippen LogP contribution in [0.3, 0.4) is 0 Å². The number of hydrogen-bond donors (Lipinski definition) is 0. The van der Waals surface area contributed by atoms with Crippen molar-refractivity contribution >= 4 is 0 Å². The zero-order chi connectivity index (χ0) is 10.0. The first-order valence-corrected chi connectivity index (χ1v) is 4.71. The molecule has 1 heterocycles. The summed E-state index contributed by atoms with van der Waals surface area (Å²) in [5.74, 6) is 0. The van der Waals surface area contributed by atoms with E-state index in [0.717, 1.165) is 19.3 Å². The van der Waals surface area contributed by atoms with Gasteiger partial charge in [0.1, 0.15) is 20.0 Å². The molecule has 6 heteroatoms. The van der Waals surface area contributed by atoms with Gasteiger partial charge in [0.05, 0.1) is 11.0 Å². The molecular weight excluding hydrogens is 190 g/mol. The first-order valence-electron chi connectivity index (χ1n) is 4.71. The van der Waals surface area contributed by atoms with Crippen molar-refractivity contribution in [3.8, 4) is 0 Å². The van der Waals surface area contributed by atoms with Crippen LogP contribution in [0.2, 0.25) is 0 Å². The Hall–Kier alpha value is -0.720. The summed E-state index contributed by atoms with van der Waals surface area (Å²) in [4.78, 5) is 10.4. The molecule has 0 radical (unpaired) electrons. The van der Waals surface area contributed by atoms with Crippen LogP contribution in [-0.2, 0) is 14.2 Å². The Kier molecular flexibility index (Phi) is 2.66. The molecule has 0 bridgehead atoms. The van der Waals surface area contributed by atoms with Crippen LogP contribution in [0, 0.1) is 10.1 Å². The van der Waals surface area contributed by atoms with Crippen LogP contribution < -0.4 is 0 Å². The van der Waals surface area contributed by atoms with Crippen molar-refractivity contribution < 1.29 is 19.1 Å². The molecule has 80 valence electrons. The predicted molar refractivity (Wildman–Crippen MR) is 45.2 cm³/mol. The van der Waals surface area contributed by atoms with Crippen molar-refractivity contribution in [3.63, 3.8) is 0 Å². The molecule has 2 aliphatic rings. The van der Waals surface area contributed by atoms with E-state index in [1.807, 2.05) is 0 Å². The molecule has 0 N–H and O–H groups in total. The fourth-order valence-corrected chi connectivity index (χ4v) is 1.52. The van der Waals surface area contributed by atoms with Gasteiger partial charge in [0, 0.05) is 0 Å². The predicted octanol–water partition coefficient (Wildman–Crippen LogP) is 0.533. The first kappa shape index (κ1) is 9.82. The Labute approximate surface area is 81.3 Å². The van der Waals surface area contributed by atoms with E-state index in [1.165, 1.54) is 0 Å². The zero-order valence-electron chi connectivity index (χ0n) is 7.81. The second kappa shape index (κ2) is 3.80. The van der Waals surface area contributed by atoms with E-state index in [0.29, 0.717) is 0 Å². The largest absolute Gasteiger partial charge is 0.371 e. The van der Waals surface area contributed by atoms with Crippen molar-refractivity contribution in [2.75, 3.05) is 20.0 Å². The molecule has 0 aromatic heterocycles. The molecule has 14 heavy (non-hydrogen) atoms. The molecule has 1 aliphatic carbocycles. The molecule has 2 rings (SSSR count). The average molecular weight is 203 g/mol. The maximum absolute atomic E-state index is 10.9. The van der Waals surface area contributed by atoms with Gasteiger partial charge >= 0.3 is 5.72 Å². The lowest BCUT2D eigenvalue weighted by atomic mass is 9.95. The molecule has 2 fully saturated rings. The highest BCUT2D eigenvalue weighted by atomic mass is 16.7. The molecule has 1 aliphatic heterocycles. The third-order valence-electron chi connectivity index (χ3n) is 2.59. The summed E-state index contributed by atoms with van der Waals surface area (Å²) < 4.78 is 15.3. The van der Waals surface area contributed by atoms with E-state index in [4.69, 9.17) is 14.2 Å². The van der Waals surface area contributed by atoms with E-state index in [1.54, 1.807) is 0 Å². The molecule has 6 nitrogen and oxygen atoms in total. The van der Waals surface area contributed by atoms with Crippen LogP contribution in [0.4, 0.5) is 0 Å². The van der Waals surface area contributed by atoms with Crippen LogP contribution in [0.1, 0.15) is 19.3 Å². The summed E-state index contributed by atoms with van der Waals surface area (Å²) in [5.41, 5.74) is -1.47. The van der Waals surface area contributed by atoms with Gasteiger partial charge in [-0.15, -0.1) is 0 Å². The molecule has 0 amide bonds. The van der Waals surface area contributed by atoms with Crippen LogP contribution in [0.15, 0.2) is 0 Å². The van der Waals surface area contributed by atoms with E-state index in [2.05, 4.69) is 0 Å². The molecule has 0 unspecified atom stereocenters. The van der Waals surface area contributed by atoms with Gasteiger partial charge in [-0.1, -0.05) is 0 Å². The fourth-order valence-electron chi connectivity index (χ4n) is 1.52. The topological polar surface area (TPSA) is 70.8 Å². The number of nitrogens with zero attached hydrogens (tertiary/aromatic N) is 1. The monoisotopic (exact) mass is 203 g/mol. The Morgan fingerprint density at radius 3 is 2.43 bits per heavy atom. The summed E-state index contributed by atoms with van der Waals surface area (Å²) in [6, 6.07) is 0. The second-order valence-electron chi connectivity index (χ2n) is 3.69. The van der Waals surface area contributed by atoms with Crippen molar-refractivity contribution in [2.24, 2.45) is 0 Å². The minimum atomic E-state index is -1.47. The van der Waals surface area contributed by atoms with Gasteiger partial charge in [-0.3, -0.25) is 10.1 Å². The lowest BCUT2D eigenvalue weighted by molar-refractivity contribution is -0.651. The van der Waals surface area contributed by atoms with Crippen LogP contribution in [0.25, 0.3) is 0 Å². The van der Waals surface area contributed by atoms with Gasteiger partial charge < -0.3 is 14.2 Å². The zero-order valence-corrected chi connectivity index (χ0v) is 7.81. The van der Waals surface area contributed by atoms with E-state index in [-0.39, 0.29) is 26.1 Å². The highest BCUT2D eigenvalue weighted by Gasteiger charge is 2.50. The minimum absolute atomic E-state index is 0.00528. The maximum atomic E-state index is 10.9. The van der Waals surface area contributed by atoms with Crippen LogP contribution >= 0.6 is 0 Å². The maximum Gasteiger partial charge on any atom is 0.371 e. The van der Waals surface area contributed by atoms with E-state index < -0.39 is 10.6 Å². The van der Waals surface area contributed by atoms with Crippen molar-refractivity contribution in [2.45, 2.75) is 31.1 Å². The first-order chi connectivity index (χ1) is 6.73. The summed E-state index contributed by atoms with van der Waals surface area (Å²) in [7, 11) is 0. The summed E-state index contributed by atoms with van der Waals surface area (Å²) in [5, 5.41) is 10.9. The molecule has 1 saturated carbocycles. The van der Waals surface area contributed by atoms with Crippen molar-refractivity contribution in [3.05, 3.63) is 10.1 Å². The van der Waals surface area contributed by atoms with Gasteiger partial charge in [-0.05, 0) is 19.3 Å². The Bertz CT molecular complexity index is 222. The minimum Gasteiger partial charge on any atom is -0.345 e. The van der Waals surface area contributed by atoms with E-state index >= 15 is 0 Å².